The third kappa shape index (κ3) is 4.10. The molecule has 2 atom stereocenters. The first kappa shape index (κ1) is 21.3. The molecule has 0 radical (unpaired) electrons. The SMILES string of the molecule is O=C(N[C@H]1C[C@@H](c2ccco2)N2C(c3ccccc3)=CCc3cccc1c32)OCc1ccccc1. The summed E-state index contributed by atoms with van der Waals surface area (Å²) in [6.07, 6.45) is 5.08. The number of nitrogens with zero attached hydrogens (tertiary/aromatic N) is 1. The predicted octanol–water partition coefficient (Wildman–Crippen LogP) is 6.80. The molecule has 0 saturated carbocycles. The van der Waals surface area contributed by atoms with Crippen molar-refractivity contribution in [3.8, 4) is 0 Å². The lowest BCUT2D eigenvalue weighted by Gasteiger charge is -2.45. The van der Waals surface area contributed by atoms with E-state index < -0.39 is 6.09 Å². The van der Waals surface area contributed by atoms with Crippen LogP contribution in [0.25, 0.3) is 5.70 Å². The highest BCUT2D eigenvalue weighted by Gasteiger charge is 2.40. The van der Waals surface area contributed by atoms with E-state index in [1.54, 1.807) is 6.26 Å². The lowest BCUT2D eigenvalue weighted by molar-refractivity contribution is 0.134. The number of furan rings is 1. The Morgan fingerprint density at radius 2 is 1.74 bits per heavy atom. The van der Waals surface area contributed by atoms with Crippen molar-refractivity contribution < 1.29 is 13.9 Å². The summed E-state index contributed by atoms with van der Waals surface area (Å²) in [6, 6.07) is 30.2. The molecule has 1 amide bonds. The van der Waals surface area contributed by atoms with Gasteiger partial charge < -0.3 is 19.4 Å². The van der Waals surface area contributed by atoms with Gasteiger partial charge in [0.1, 0.15) is 12.4 Å². The molecule has 3 heterocycles. The number of hydrogen-bond donors (Lipinski definition) is 1. The minimum Gasteiger partial charge on any atom is -0.467 e. The highest BCUT2D eigenvalue weighted by atomic mass is 16.5. The summed E-state index contributed by atoms with van der Waals surface area (Å²) in [5, 5.41) is 3.14. The second kappa shape index (κ2) is 9.18. The van der Waals surface area contributed by atoms with Gasteiger partial charge in [0.25, 0.3) is 0 Å². The predicted molar refractivity (Wildman–Crippen MR) is 136 cm³/mol. The fourth-order valence-electron chi connectivity index (χ4n) is 5.19. The molecule has 174 valence electrons. The Bertz CT molecular complexity index is 1350. The third-order valence-electron chi connectivity index (χ3n) is 6.76. The Kier molecular flexibility index (Phi) is 5.59. The van der Waals surface area contributed by atoms with Crippen LogP contribution in [0.1, 0.15) is 46.5 Å². The molecule has 0 fully saturated rings. The average Bonchev–Trinajstić information content (AvgIpc) is 3.45. The summed E-state index contributed by atoms with van der Waals surface area (Å²) in [4.78, 5) is 15.2. The maximum Gasteiger partial charge on any atom is 0.407 e. The average molecular weight is 463 g/mol. The van der Waals surface area contributed by atoms with Crippen molar-refractivity contribution in [3.63, 3.8) is 0 Å². The molecule has 4 aromatic rings. The number of rotatable bonds is 5. The molecule has 0 bridgehead atoms. The van der Waals surface area contributed by atoms with Crippen LogP contribution in [0.5, 0.6) is 0 Å². The third-order valence-corrected chi connectivity index (χ3v) is 6.76. The van der Waals surface area contributed by atoms with Crippen LogP contribution in [0.2, 0.25) is 0 Å². The number of amides is 1. The number of carbonyl (C=O) groups is 1. The van der Waals surface area contributed by atoms with Gasteiger partial charge in [0.05, 0.1) is 24.0 Å². The van der Waals surface area contributed by atoms with Crippen molar-refractivity contribution in [1.82, 2.24) is 5.32 Å². The van der Waals surface area contributed by atoms with Crippen molar-refractivity contribution in [1.29, 1.82) is 0 Å². The summed E-state index contributed by atoms with van der Waals surface area (Å²) in [7, 11) is 0. The Balaban J connectivity index is 1.35. The van der Waals surface area contributed by atoms with Crippen molar-refractivity contribution in [2.24, 2.45) is 0 Å². The largest absolute Gasteiger partial charge is 0.467 e. The van der Waals surface area contributed by atoms with E-state index in [1.807, 2.05) is 48.5 Å². The Hall–Kier alpha value is -4.25. The van der Waals surface area contributed by atoms with Gasteiger partial charge in [0.2, 0.25) is 0 Å². The van der Waals surface area contributed by atoms with Gasteiger partial charge in [-0.3, -0.25) is 0 Å². The van der Waals surface area contributed by atoms with Crippen molar-refractivity contribution in [3.05, 3.63) is 131 Å². The molecule has 6 rings (SSSR count). The second-order valence-corrected chi connectivity index (χ2v) is 8.91. The molecule has 5 heteroatoms. The molecule has 0 spiro atoms. The molecule has 0 unspecified atom stereocenters. The maximum atomic E-state index is 12.8. The summed E-state index contributed by atoms with van der Waals surface area (Å²) in [6.45, 7) is 0.237. The smallest absolute Gasteiger partial charge is 0.407 e. The first-order chi connectivity index (χ1) is 17.3. The monoisotopic (exact) mass is 462 g/mol. The van der Waals surface area contributed by atoms with Gasteiger partial charge in [-0.25, -0.2) is 4.79 Å². The summed E-state index contributed by atoms with van der Waals surface area (Å²) >= 11 is 0. The standard InChI is InChI=1S/C30H26N2O3/c33-30(35-20-21-9-3-1-4-10-21)31-25-19-27(28-15-8-18-34-28)32-26(22-11-5-2-6-12-22)17-16-23-13-7-14-24(25)29(23)32/h1-15,17-18,25,27H,16,19-20H2,(H,31,33)/t25-,27-/m0/s1. The van der Waals surface area contributed by atoms with E-state index in [9.17, 15) is 4.79 Å². The van der Waals surface area contributed by atoms with Gasteiger partial charge in [-0.2, -0.15) is 0 Å². The molecule has 35 heavy (non-hydrogen) atoms. The van der Waals surface area contributed by atoms with E-state index in [2.05, 4.69) is 58.8 Å². The number of benzene rings is 3. The first-order valence-corrected chi connectivity index (χ1v) is 11.9. The van der Waals surface area contributed by atoms with E-state index in [4.69, 9.17) is 9.15 Å². The maximum absolute atomic E-state index is 12.8. The number of carbonyl (C=O) groups excluding carboxylic acids is 1. The Labute approximate surface area is 204 Å². The van der Waals surface area contributed by atoms with Gasteiger partial charge >= 0.3 is 6.09 Å². The number of anilines is 1. The van der Waals surface area contributed by atoms with Gasteiger partial charge in [-0.05, 0) is 47.2 Å². The van der Waals surface area contributed by atoms with Crippen molar-refractivity contribution in [2.75, 3.05) is 4.90 Å². The first-order valence-electron chi connectivity index (χ1n) is 11.9. The minimum absolute atomic E-state index is 0.0650. The van der Waals surface area contributed by atoms with E-state index in [0.717, 1.165) is 40.3 Å². The number of hydrogen-bond acceptors (Lipinski definition) is 4. The van der Waals surface area contributed by atoms with Gasteiger partial charge in [0.15, 0.2) is 0 Å². The highest BCUT2D eigenvalue weighted by molar-refractivity contribution is 5.87. The topological polar surface area (TPSA) is 54.7 Å². The zero-order valence-corrected chi connectivity index (χ0v) is 19.3. The van der Waals surface area contributed by atoms with Crippen LogP contribution in [0, 0.1) is 0 Å². The molecule has 1 N–H and O–H groups in total. The molecule has 5 nitrogen and oxygen atoms in total. The van der Waals surface area contributed by atoms with Crippen LogP contribution < -0.4 is 10.2 Å². The van der Waals surface area contributed by atoms with E-state index in [-0.39, 0.29) is 18.7 Å². The van der Waals surface area contributed by atoms with Crippen LogP contribution in [-0.2, 0) is 17.8 Å². The summed E-state index contributed by atoms with van der Waals surface area (Å²) in [5.74, 6) is 0.874. The minimum atomic E-state index is -0.419. The van der Waals surface area contributed by atoms with Crippen molar-refractivity contribution in [2.45, 2.75) is 31.5 Å². The van der Waals surface area contributed by atoms with Crippen LogP contribution in [0.15, 0.2) is 108 Å². The number of allylic oxidation sites excluding steroid dienone is 1. The van der Waals surface area contributed by atoms with Crippen LogP contribution in [0.4, 0.5) is 10.5 Å². The number of alkyl carbamates (subject to hydrolysis) is 1. The molecule has 3 aromatic carbocycles. The Morgan fingerprint density at radius 1 is 0.943 bits per heavy atom. The van der Waals surface area contributed by atoms with E-state index in [1.165, 1.54) is 5.56 Å². The lowest BCUT2D eigenvalue weighted by atomic mass is 9.84. The number of nitrogens with one attached hydrogen (secondary N) is 1. The molecular formula is C30H26N2O3. The fourth-order valence-corrected chi connectivity index (χ4v) is 5.19. The number of para-hydroxylation sites is 1. The fraction of sp³-hybridized carbons (Fsp3) is 0.167. The molecule has 0 aliphatic carbocycles. The molecule has 0 saturated heterocycles. The van der Waals surface area contributed by atoms with Crippen LogP contribution >= 0.6 is 0 Å². The molecule has 2 aliphatic rings. The molecule has 1 aromatic heterocycles. The van der Waals surface area contributed by atoms with Gasteiger partial charge in [-0.15, -0.1) is 0 Å². The van der Waals surface area contributed by atoms with Crippen LogP contribution in [-0.4, -0.2) is 6.09 Å². The number of ether oxygens (including phenoxy) is 1. The Morgan fingerprint density at radius 3 is 2.51 bits per heavy atom. The quantitative estimate of drug-likeness (QED) is 0.355. The molecular weight excluding hydrogens is 436 g/mol. The van der Waals surface area contributed by atoms with Gasteiger partial charge in [-0.1, -0.05) is 84.9 Å². The lowest BCUT2D eigenvalue weighted by Crippen LogP contribution is -2.41. The summed E-state index contributed by atoms with van der Waals surface area (Å²) in [5.41, 5.74) is 6.78. The molecule has 2 aliphatic heterocycles. The van der Waals surface area contributed by atoms with Crippen molar-refractivity contribution >= 4 is 17.5 Å². The zero-order valence-electron chi connectivity index (χ0n) is 19.3. The van der Waals surface area contributed by atoms with E-state index in [0.29, 0.717) is 6.42 Å². The summed E-state index contributed by atoms with van der Waals surface area (Å²) < 4.78 is 11.5. The van der Waals surface area contributed by atoms with E-state index >= 15 is 0 Å². The zero-order chi connectivity index (χ0) is 23.6. The highest BCUT2D eigenvalue weighted by Crippen LogP contribution is 2.51. The van der Waals surface area contributed by atoms with Gasteiger partial charge in [0, 0.05) is 5.70 Å². The van der Waals surface area contributed by atoms with Crippen LogP contribution in [0.3, 0.4) is 0 Å². The second-order valence-electron chi connectivity index (χ2n) is 8.91. The normalized spacial score (nSPS) is 18.4.